The van der Waals surface area contributed by atoms with Gasteiger partial charge >= 0.3 is 0 Å². The highest BCUT2D eigenvalue weighted by Gasteiger charge is 2.26. The predicted molar refractivity (Wildman–Crippen MR) is 93.8 cm³/mol. The molecule has 2 nitrogen and oxygen atoms in total. The van der Waals surface area contributed by atoms with E-state index in [1.165, 1.54) is 37.7 Å². The Hall–Kier alpha value is -2.24. The minimum atomic E-state index is -1.87. The average Bonchev–Trinajstić information content (AvgIpc) is 2.65. The molecule has 0 unspecified atom stereocenters. The fourth-order valence-electron chi connectivity index (χ4n) is 3.56. The third-order valence-corrected chi connectivity index (χ3v) is 5.14. The molecule has 0 heterocycles. The first-order chi connectivity index (χ1) is 13.0. The third-order valence-electron chi connectivity index (χ3n) is 5.14. The van der Waals surface area contributed by atoms with Crippen LogP contribution < -0.4 is 4.74 Å². The van der Waals surface area contributed by atoms with Crippen LogP contribution in [0.1, 0.15) is 62.0 Å². The molecule has 1 aliphatic rings. The highest BCUT2D eigenvalue weighted by atomic mass is 19.2. The molecule has 1 saturated carbocycles. The van der Waals surface area contributed by atoms with Gasteiger partial charge < -0.3 is 9.84 Å². The van der Waals surface area contributed by atoms with Crippen molar-refractivity contribution in [3.05, 3.63) is 58.7 Å². The second kappa shape index (κ2) is 8.63. The number of hydrogen-bond donors (Lipinski definition) is 1. The quantitative estimate of drug-likeness (QED) is 0.493. The predicted octanol–water partition coefficient (Wildman–Crippen LogP) is 6.36. The SMILES string of the molecule is Oc1c(F)c(F)c(OCc2ccc(C3CCCCCCC3)cc2)c(F)c1F. The Morgan fingerprint density at radius 1 is 0.778 bits per heavy atom. The summed E-state index contributed by atoms with van der Waals surface area (Å²) in [6, 6.07) is 7.51. The van der Waals surface area contributed by atoms with E-state index in [2.05, 4.69) is 0 Å². The molecule has 0 spiro atoms. The molecule has 146 valence electrons. The van der Waals surface area contributed by atoms with Gasteiger partial charge in [0, 0.05) is 0 Å². The van der Waals surface area contributed by atoms with Gasteiger partial charge in [-0.3, -0.25) is 0 Å². The van der Waals surface area contributed by atoms with E-state index >= 15 is 0 Å². The number of aromatic hydroxyl groups is 1. The largest absolute Gasteiger partial charge is 0.503 e. The lowest BCUT2D eigenvalue weighted by molar-refractivity contribution is 0.253. The summed E-state index contributed by atoms with van der Waals surface area (Å²) in [5, 5.41) is 8.98. The second-order valence-corrected chi connectivity index (χ2v) is 7.01. The maximum Gasteiger partial charge on any atom is 0.207 e. The van der Waals surface area contributed by atoms with Gasteiger partial charge in [-0.15, -0.1) is 0 Å². The van der Waals surface area contributed by atoms with Gasteiger partial charge in [0.1, 0.15) is 6.61 Å². The van der Waals surface area contributed by atoms with Crippen molar-refractivity contribution in [2.75, 3.05) is 0 Å². The van der Waals surface area contributed by atoms with Crippen LogP contribution in [0.3, 0.4) is 0 Å². The van der Waals surface area contributed by atoms with Crippen molar-refractivity contribution >= 4 is 0 Å². The minimum absolute atomic E-state index is 0.248. The standard InChI is InChI=1S/C21H22F4O2/c22-16-18(24)21(19(25)17(23)20(16)26)27-12-13-8-10-15(11-9-13)14-6-4-2-1-3-5-7-14/h8-11,14,26H,1-7,12H2. The van der Waals surface area contributed by atoms with Gasteiger partial charge in [0.15, 0.2) is 11.5 Å². The van der Waals surface area contributed by atoms with Crippen molar-refractivity contribution in [3.63, 3.8) is 0 Å². The zero-order valence-electron chi connectivity index (χ0n) is 14.9. The molecule has 0 bridgehead atoms. The maximum absolute atomic E-state index is 13.7. The van der Waals surface area contributed by atoms with Crippen LogP contribution in [0, 0.1) is 23.3 Å². The Labute approximate surface area is 155 Å². The zero-order valence-corrected chi connectivity index (χ0v) is 14.9. The van der Waals surface area contributed by atoms with E-state index in [4.69, 9.17) is 9.84 Å². The summed E-state index contributed by atoms with van der Waals surface area (Å²) in [7, 11) is 0. The van der Waals surface area contributed by atoms with E-state index in [9.17, 15) is 17.6 Å². The van der Waals surface area contributed by atoms with Crippen LogP contribution in [-0.4, -0.2) is 5.11 Å². The first-order valence-electron chi connectivity index (χ1n) is 9.25. The van der Waals surface area contributed by atoms with Crippen molar-refractivity contribution in [1.29, 1.82) is 0 Å². The second-order valence-electron chi connectivity index (χ2n) is 7.01. The lowest BCUT2D eigenvalue weighted by Crippen LogP contribution is -2.05. The van der Waals surface area contributed by atoms with Crippen molar-refractivity contribution < 1.29 is 27.4 Å². The van der Waals surface area contributed by atoms with Crippen molar-refractivity contribution in [2.45, 2.75) is 57.5 Å². The average molecular weight is 382 g/mol. The van der Waals surface area contributed by atoms with Gasteiger partial charge in [-0.2, -0.15) is 17.6 Å². The van der Waals surface area contributed by atoms with Crippen LogP contribution in [0.15, 0.2) is 24.3 Å². The molecule has 0 aliphatic heterocycles. The van der Waals surface area contributed by atoms with Crippen LogP contribution in [0.2, 0.25) is 0 Å². The van der Waals surface area contributed by atoms with Crippen molar-refractivity contribution in [2.24, 2.45) is 0 Å². The smallest absolute Gasteiger partial charge is 0.207 e. The monoisotopic (exact) mass is 382 g/mol. The van der Waals surface area contributed by atoms with E-state index in [-0.39, 0.29) is 6.61 Å². The number of benzene rings is 2. The van der Waals surface area contributed by atoms with Crippen LogP contribution >= 0.6 is 0 Å². The number of phenolic OH excluding ortho intramolecular Hbond substituents is 1. The van der Waals surface area contributed by atoms with Crippen LogP contribution in [0.25, 0.3) is 0 Å². The van der Waals surface area contributed by atoms with Crippen LogP contribution in [0.5, 0.6) is 11.5 Å². The normalized spacial score (nSPS) is 16.0. The van der Waals surface area contributed by atoms with E-state index in [1.54, 1.807) is 12.1 Å². The highest BCUT2D eigenvalue weighted by Crippen LogP contribution is 2.34. The summed E-state index contributed by atoms with van der Waals surface area (Å²) in [6.45, 7) is -0.248. The molecule has 0 atom stereocenters. The summed E-state index contributed by atoms with van der Waals surface area (Å²) in [6.07, 6.45) is 8.56. The maximum atomic E-state index is 13.7. The summed E-state index contributed by atoms with van der Waals surface area (Å²) in [4.78, 5) is 0. The molecular formula is C21H22F4O2. The number of halogens is 4. The molecule has 1 N–H and O–H groups in total. The van der Waals surface area contributed by atoms with Crippen molar-refractivity contribution in [1.82, 2.24) is 0 Å². The highest BCUT2D eigenvalue weighted by molar-refractivity contribution is 5.37. The number of phenols is 1. The van der Waals surface area contributed by atoms with E-state index in [1.807, 2.05) is 12.1 Å². The summed E-state index contributed by atoms with van der Waals surface area (Å²) in [5.41, 5.74) is 1.84. The van der Waals surface area contributed by atoms with Gasteiger partial charge in [0.2, 0.25) is 23.3 Å². The molecule has 6 heteroatoms. The van der Waals surface area contributed by atoms with Gasteiger partial charge in [-0.1, -0.05) is 56.4 Å². The third kappa shape index (κ3) is 4.37. The Kier molecular flexibility index (Phi) is 6.24. The van der Waals surface area contributed by atoms with Crippen LogP contribution in [-0.2, 0) is 6.61 Å². The summed E-state index contributed by atoms with van der Waals surface area (Å²) < 4.78 is 59.1. The van der Waals surface area contributed by atoms with Gasteiger partial charge in [0.25, 0.3) is 0 Å². The molecule has 1 aliphatic carbocycles. The molecular weight excluding hydrogens is 360 g/mol. The molecule has 2 aromatic rings. The minimum Gasteiger partial charge on any atom is -0.503 e. The molecule has 0 aromatic heterocycles. The van der Waals surface area contributed by atoms with Gasteiger partial charge in [-0.25, -0.2) is 0 Å². The Morgan fingerprint density at radius 2 is 1.30 bits per heavy atom. The van der Waals surface area contributed by atoms with E-state index in [0.717, 1.165) is 12.8 Å². The Balaban J connectivity index is 1.69. The van der Waals surface area contributed by atoms with E-state index in [0.29, 0.717) is 11.5 Å². The molecule has 0 saturated heterocycles. The zero-order chi connectivity index (χ0) is 19.4. The first kappa shape index (κ1) is 19.5. The van der Waals surface area contributed by atoms with Gasteiger partial charge in [-0.05, 0) is 29.9 Å². The Bertz CT molecular complexity index is 753. The molecule has 27 heavy (non-hydrogen) atoms. The fourth-order valence-corrected chi connectivity index (χ4v) is 3.56. The molecule has 1 fully saturated rings. The lowest BCUT2D eigenvalue weighted by atomic mass is 9.86. The Morgan fingerprint density at radius 3 is 1.85 bits per heavy atom. The molecule has 0 amide bonds. The summed E-state index contributed by atoms with van der Waals surface area (Å²) in [5.74, 6) is -9.61. The van der Waals surface area contributed by atoms with Crippen molar-refractivity contribution in [3.8, 4) is 11.5 Å². The molecule has 0 radical (unpaired) electrons. The molecule has 3 rings (SSSR count). The van der Waals surface area contributed by atoms with Crippen LogP contribution in [0.4, 0.5) is 17.6 Å². The van der Waals surface area contributed by atoms with E-state index < -0.39 is 34.8 Å². The lowest BCUT2D eigenvalue weighted by Gasteiger charge is -2.20. The number of rotatable bonds is 4. The number of ether oxygens (including phenoxy) is 1. The molecule has 2 aromatic carbocycles. The first-order valence-corrected chi connectivity index (χ1v) is 9.25. The summed E-state index contributed by atoms with van der Waals surface area (Å²) >= 11 is 0. The van der Waals surface area contributed by atoms with Gasteiger partial charge in [0.05, 0.1) is 0 Å². The number of hydrogen-bond acceptors (Lipinski definition) is 2. The fraction of sp³-hybridized carbons (Fsp3) is 0.429. The topological polar surface area (TPSA) is 29.5 Å².